The third-order valence-electron chi connectivity index (χ3n) is 5.41. The van der Waals surface area contributed by atoms with Crippen molar-refractivity contribution in [3.8, 4) is 34.1 Å². The molecule has 7 heteroatoms. The molecular formula is C23H21N3O4. The Morgan fingerprint density at radius 2 is 1.77 bits per heavy atom. The van der Waals surface area contributed by atoms with Gasteiger partial charge in [-0.05, 0) is 35.9 Å². The number of methoxy groups -OCH3 is 3. The van der Waals surface area contributed by atoms with Gasteiger partial charge in [0.15, 0.2) is 11.5 Å². The molecule has 152 valence electrons. The van der Waals surface area contributed by atoms with E-state index in [0.717, 1.165) is 39.2 Å². The van der Waals surface area contributed by atoms with Crippen LogP contribution in [0.1, 0.15) is 17.4 Å². The Kier molecular flexibility index (Phi) is 4.43. The summed E-state index contributed by atoms with van der Waals surface area (Å²) >= 11 is 0. The van der Waals surface area contributed by atoms with Crippen LogP contribution >= 0.6 is 0 Å². The molecule has 1 unspecified atom stereocenters. The van der Waals surface area contributed by atoms with E-state index in [1.807, 2.05) is 30.5 Å². The molecule has 0 spiro atoms. The summed E-state index contributed by atoms with van der Waals surface area (Å²) in [6.07, 6.45) is 3.98. The minimum atomic E-state index is -0.198. The number of fused-ring (bicyclic) bond motifs is 2. The molecule has 4 aromatic rings. The van der Waals surface area contributed by atoms with E-state index in [2.05, 4.69) is 27.1 Å². The van der Waals surface area contributed by atoms with Crippen LogP contribution in [0.2, 0.25) is 0 Å². The van der Waals surface area contributed by atoms with Crippen molar-refractivity contribution in [1.29, 1.82) is 0 Å². The molecule has 30 heavy (non-hydrogen) atoms. The number of ether oxygens (including phenoxy) is 4. The summed E-state index contributed by atoms with van der Waals surface area (Å²) in [5.41, 5.74) is 5.82. The second-order valence-electron chi connectivity index (χ2n) is 7.04. The van der Waals surface area contributed by atoms with Gasteiger partial charge in [-0.15, -0.1) is 0 Å². The Morgan fingerprint density at radius 3 is 2.50 bits per heavy atom. The lowest BCUT2D eigenvalue weighted by Gasteiger charge is -2.17. The van der Waals surface area contributed by atoms with Crippen molar-refractivity contribution in [2.24, 2.45) is 0 Å². The standard InChI is InChI=1S/C23H21N3O4/c1-27-20-9-14(10-21(28-2)23(20)29-3)19-11-18-22(30-19)15(6-7-24-18)13-4-5-16-17(8-13)26-12-25-16/h4-10,12,19H,11H2,1-3H3,(H,25,26). The van der Waals surface area contributed by atoms with Crippen LogP contribution in [0.4, 0.5) is 0 Å². The largest absolute Gasteiger partial charge is 0.493 e. The zero-order valence-corrected chi connectivity index (χ0v) is 16.9. The maximum absolute atomic E-state index is 6.40. The van der Waals surface area contributed by atoms with Gasteiger partial charge in [0.1, 0.15) is 11.9 Å². The molecule has 2 aromatic carbocycles. The molecular weight excluding hydrogens is 382 g/mol. The summed E-state index contributed by atoms with van der Waals surface area (Å²) in [5.74, 6) is 2.56. The van der Waals surface area contributed by atoms with E-state index in [-0.39, 0.29) is 6.10 Å². The fourth-order valence-electron chi connectivity index (χ4n) is 3.93. The molecule has 2 aromatic heterocycles. The number of imidazole rings is 1. The van der Waals surface area contributed by atoms with Gasteiger partial charge in [0.2, 0.25) is 5.75 Å². The van der Waals surface area contributed by atoms with Crippen LogP contribution in [0.5, 0.6) is 23.0 Å². The third kappa shape index (κ3) is 2.90. The molecule has 0 saturated heterocycles. The number of rotatable bonds is 5. The first kappa shape index (κ1) is 18.3. The molecule has 0 fully saturated rings. The highest BCUT2D eigenvalue weighted by molar-refractivity contribution is 5.83. The topological polar surface area (TPSA) is 78.5 Å². The van der Waals surface area contributed by atoms with Crippen molar-refractivity contribution in [1.82, 2.24) is 15.0 Å². The molecule has 0 bridgehead atoms. The average Bonchev–Trinajstić information content (AvgIpc) is 3.44. The number of H-pyrrole nitrogens is 1. The lowest BCUT2D eigenvalue weighted by atomic mass is 10.0. The second-order valence-corrected chi connectivity index (χ2v) is 7.04. The molecule has 0 amide bonds. The van der Waals surface area contributed by atoms with Gasteiger partial charge in [-0.25, -0.2) is 4.98 Å². The first-order valence-electron chi connectivity index (χ1n) is 9.59. The van der Waals surface area contributed by atoms with Gasteiger partial charge in [0.05, 0.1) is 44.4 Å². The van der Waals surface area contributed by atoms with Gasteiger partial charge in [-0.3, -0.25) is 4.98 Å². The summed E-state index contributed by atoms with van der Waals surface area (Å²) < 4.78 is 22.8. The molecule has 1 aliphatic rings. The summed E-state index contributed by atoms with van der Waals surface area (Å²) in [7, 11) is 4.81. The Morgan fingerprint density at radius 1 is 0.967 bits per heavy atom. The summed E-state index contributed by atoms with van der Waals surface area (Å²) in [6.45, 7) is 0. The highest BCUT2D eigenvalue weighted by atomic mass is 16.5. The van der Waals surface area contributed by atoms with Crippen LogP contribution in [0.15, 0.2) is 48.9 Å². The van der Waals surface area contributed by atoms with Gasteiger partial charge in [0.25, 0.3) is 0 Å². The number of hydrogen-bond donors (Lipinski definition) is 1. The number of aromatic amines is 1. The van der Waals surface area contributed by atoms with E-state index in [4.69, 9.17) is 18.9 Å². The Labute approximate surface area is 173 Å². The number of pyridine rings is 1. The summed E-state index contributed by atoms with van der Waals surface area (Å²) in [6, 6.07) is 12.0. The van der Waals surface area contributed by atoms with E-state index in [1.165, 1.54) is 0 Å². The predicted molar refractivity (Wildman–Crippen MR) is 112 cm³/mol. The Bertz CT molecular complexity index is 1210. The zero-order chi connectivity index (χ0) is 20.7. The second kappa shape index (κ2) is 7.26. The SMILES string of the molecule is COc1cc(C2Cc3nccc(-c4ccc5[nH]cnc5c4)c3O2)cc(OC)c1OC. The zero-order valence-electron chi connectivity index (χ0n) is 16.9. The Balaban J connectivity index is 1.53. The molecule has 1 N–H and O–H groups in total. The van der Waals surface area contributed by atoms with Crippen molar-refractivity contribution < 1.29 is 18.9 Å². The summed E-state index contributed by atoms with van der Waals surface area (Å²) in [4.78, 5) is 12.0. The van der Waals surface area contributed by atoms with Crippen LogP contribution < -0.4 is 18.9 Å². The molecule has 1 atom stereocenters. The van der Waals surface area contributed by atoms with Crippen LogP contribution in [0, 0.1) is 0 Å². The maximum Gasteiger partial charge on any atom is 0.203 e. The van der Waals surface area contributed by atoms with Gasteiger partial charge < -0.3 is 23.9 Å². The van der Waals surface area contributed by atoms with Crippen LogP contribution in [-0.4, -0.2) is 36.3 Å². The monoisotopic (exact) mass is 403 g/mol. The third-order valence-corrected chi connectivity index (χ3v) is 5.41. The number of hydrogen-bond acceptors (Lipinski definition) is 6. The van der Waals surface area contributed by atoms with Gasteiger partial charge in [-0.2, -0.15) is 0 Å². The smallest absolute Gasteiger partial charge is 0.203 e. The lowest BCUT2D eigenvalue weighted by molar-refractivity contribution is 0.237. The van der Waals surface area contributed by atoms with Crippen LogP contribution in [-0.2, 0) is 6.42 Å². The van der Waals surface area contributed by atoms with Gasteiger partial charge in [-0.1, -0.05) is 6.07 Å². The van der Waals surface area contributed by atoms with E-state index in [1.54, 1.807) is 27.7 Å². The molecule has 3 heterocycles. The molecule has 5 rings (SSSR count). The predicted octanol–water partition coefficient (Wildman–Crippen LogP) is 4.33. The normalized spacial score (nSPS) is 15.0. The molecule has 1 aliphatic heterocycles. The van der Waals surface area contributed by atoms with Crippen molar-refractivity contribution in [2.45, 2.75) is 12.5 Å². The highest BCUT2D eigenvalue weighted by Crippen LogP contribution is 2.46. The van der Waals surface area contributed by atoms with Crippen molar-refractivity contribution in [3.05, 3.63) is 60.2 Å². The first-order valence-corrected chi connectivity index (χ1v) is 9.59. The molecule has 0 aliphatic carbocycles. The minimum Gasteiger partial charge on any atom is -0.493 e. The van der Waals surface area contributed by atoms with E-state index >= 15 is 0 Å². The van der Waals surface area contributed by atoms with Crippen LogP contribution in [0.25, 0.3) is 22.2 Å². The van der Waals surface area contributed by atoms with Crippen molar-refractivity contribution in [2.75, 3.05) is 21.3 Å². The van der Waals surface area contributed by atoms with Crippen molar-refractivity contribution in [3.63, 3.8) is 0 Å². The quantitative estimate of drug-likeness (QED) is 0.534. The van der Waals surface area contributed by atoms with E-state index < -0.39 is 0 Å². The summed E-state index contributed by atoms with van der Waals surface area (Å²) in [5, 5.41) is 0. The minimum absolute atomic E-state index is 0.198. The number of nitrogens with zero attached hydrogens (tertiary/aromatic N) is 2. The fourth-order valence-corrected chi connectivity index (χ4v) is 3.93. The fraction of sp³-hybridized carbons (Fsp3) is 0.217. The van der Waals surface area contributed by atoms with E-state index in [0.29, 0.717) is 23.7 Å². The molecule has 0 saturated carbocycles. The highest BCUT2D eigenvalue weighted by Gasteiger charge is 2.30. The molecule has 7 nitrogen and oxygen atoms in total. The van der Waals surface area contributed by atoms with Gasteiger partial charge >= 0.3 is 0 Å². The first-order chi connectivity index (χ1) is 14.7. The maximum atomic E-state index is 6.40. The molecule has 0 radical (unpaired) electrons. The number of nitrogens with one attached hydrogen (secondary N) is 1. The number of benzene rings is 2. The number of aromatic nitrogens is 3. The van der Waals surface area contributed by atoms with Gasteiger partial charge in [0, 0.05) is 23.7 Å². The van der Waals surface area contributed by atoms with Crippen molar-refractivity contribution >= 4 is 11.0 Å². The van der Waals surface area contributed by atoms with E-state index in [9.17, 15) is 0 Å². The van der Waals surface area contributed by atoms with Crippen LogP contribution in [0.3, 0.4) is 0 Å². The average molecular weight is 403 g/mol. The lowest BCUT2D eigenvalue weighted by Crippen LogP contribution is -2.05. The Hall–Kier alpha value is -3.74.